The fourth-order valence-electron chi connectivity index (χ4n) is 3.19. The van der Waals surface area contributed by atoms with E-state index in [9.17, 15) is 4.79 Å². The van der Waals surface area contributed by atoms with Crippen LogP contribution in [-0.2, 0) is 13.5 Å². The first kappa shape index (κ1) is 18.7. The van der Waals surface area contributed by atoms with Gasteiger partial charge in [-0.2, -0.15) is 0 Å². The molecule has 4 heterocycles. The number of aryl methyl sites for hydroxylation is 1. The van der Waals surface area contributed by atoms with Gasteiger partial charge in [-0.1, -0.05) is 0 Å². The Morgan fingerprint density at radius 1 is 1.03 bits per heavy atom. The molecule has 0 bridgehead atoms. The molecule has 146 valence electrons. The number of hydrogen-bond acceptors (Lipinski definition) is 6. The zero-order valence-electron chi connectivity index (χ0n) is 16.9. The Hall–Kier alpha value is -3.61. The van der Waals surface area contributed by atoms with Crippen molar-refractivity contribution in [2.75, 3.05) is 19.0 Å². The number of carbonyl (C=O) groups excluding carboxylic acids is 1. The minimum atomic E-state index is 0.00808. The lowest BCUT2D eigenvalue weighted by Crippen LogP contribution is -2.12. The standard InChI is InChI=1S/C22H22N6O/c1-14-24-13-20(28(14)4)17-7-16-8-18(25-12-19(16)26-11-17)10-21(29)15-5-6-23-22(9-15)27(2)3/h5-9,11-13H,10H2,1-4H3. The van der Waals surface area contributed by atoms with Gasteiger partial charge in [0.2, 0.25) is 0 Å². The van der Waals surface area contributed by atoms with Crippen molar-refractivity contribution in [2.45, 2.75) is 13.3 Å². The van der Waals surface area contributed by atoms with Crippen LogP contribution >= 0.6 is 0 Å². The van der Waals surface area contributed by atoms with Crippen LogP contribution in [0.2, 0.25) is 0 Å². The molecule has 0 N–H and O–H groups in total. The van der Waals surface area contributed by atoms with Gasteiger partial charge in [0.15, 0.2) is 5.78 Å². The summed E-state index contributed by atoms with van der Waals surface area (Å²) < 4.78 is 2.03. The van der Waals surface area contributed by atoms with Gasteiger partial charge in [-0.05, 0) is 31.2 Å². The summed E-state index contributed by atoms with van der Waals surface area (Å²) in [5, 5.41) is 0.947. The van der Waals surface area contributed by atoms with Crippen molar-refractivity contribution in [3.63, 3.8) is 0 Å². The van der Waals surface area contributed by atoms with Crippen LogP contribution in [0.1, 0.15) is 21.9 Å². The Labute approximate surface area is 169 Å². The van der Waals surface area contributed by atoms with E-state index in [-0.39, 0.29) is 12.2 Å². The van der Waals surface area contributed by atoms with E-state index in [4.69, 9.17) is 0 Å². The number of aromatic nitrogens is 5. The predicted molar refractivity (Wildman–Crippen MR) is 113 cm³/mol. The zero-order valence-corrected chi connectivity index (χ0v) is 16.9. The summed E-state index contributed by atoms with van der Waals surface area (Å²) in [6.45, 7) is 1.96. The van der Waals surface area contributed by atoms with Crippen LogP contribution in [0.25, 0.3) is 22.2 Å². The molecule has 0 atom stereocenters. The molecule has 0 amide bonds. The maximum Gasteiger partial charge on any atom is 0.169 e. The first-order valence-corrected chi connectivity index (χ1v) is 9.32. The molecule has 0 unspecified atom stereocenters. The van der Waals surface area contributed by atoms with Gasteiger partial charge in [-0.3, -0.25) is 14.8 Å². The van der Waals surface area contributed by atoms with Gasteiger partial charge >= 0.3 is 0 Å². The number of anilines is 1. The number of fused-ring (bicyclic) bond motifs is 1. The second kappa shape index (κ2) is 7.43. The topological polar surface area (TPSA) is 76.8 Å². The minimum absolute atomic E-state index is 0.00808. The van der Waals surface area contributed by atoms with Crippen molar-refractivity contribution >= 4 is 22.5 Å². The summed E-state index contributed by atoms with van der Waals surface area (Å²) in [6.07, 6.45) is 7.26. The molecular formula is C22H22N6O. The summed E-state index contributed by atoms with van der Waals surface area (Å²) in [5.41, 5.74) is 4.12. The number of pyridine rings is 3. The van der Waals surface area contributed by atoms with E-state index in [1.54, 1.807) is 24.5 Å². The summed E-state index contributed by atoms with van der Waals surface area (Å²) in [4.78, 5) is 32.2. The molecule has 0 aliphatic heterocycles. The molecule has 0 radical (unpaired) electrons. The van der Waals surface area contributed by atoms with E-state index >= 15 is 0 Å². The number of Topliss-reactive ketones (excluding diaryl/α,β-unsaturated/α-hetero) is 1. The molecule has 4 aromatic heterocycles. The number of rotatable bonds is 5. The van der Waals surface area contributed by atoms with Gasteiger partial charge in [0.05, 0.1) is 30.0 Å². The molecule has 7 heteroatoms. The van der Waals surface area contributed by atoms with Gasteiger partial charge in [0.1, 0.15) is 11.6 Å². The highest BCUT2D eigenvalue weighted by molar-refractivity contribution is 5.98. The Bertz CT molecular complexity index is 1210. The Kier molecular flexibility index (Phi) is 4.80. The minimum Gasteiger partial charge on any atom is -0.363 e. The molecule has 4 rings (SSSR count). The molecule has 0 saturated carbocycles. The molecule has 0 spiro atoms. The van der Waals surface area contributed by atoms with Crippen LogP contribution in [0, 0.1) is 6.92 Å². The van der Waals surface area contributed by atoms with Crippen molar-refractivity contribution in [3.8, 4) is 11.3 Å². The van der Waals surface area contributed by atoms with Gasteiger partial charge in [0, 0.05) is 55.7 Å². The maximum atomic E-state index is 12.7. The predicted octanol–water partition coefficient (Wildman–Crippen LogP) is 3.23. The molecule has 0 saturated heterocycles. The van der Waals surface area contributed by atoms with E-state index in [1.165, 1.54) is 0 Å². The highest BCUT2D eigenvalue weighted by atomic mass is 16.1. The van der Waals surface area contributed by atoms with Gasteiger partial charge in [-0.25, -0.2) is 9.97 Å². The summed E-state index contributed by atoms with van der Waals surface area (Å²) >= 11 is 0. The lowest BCUT2D eigenvalue weighted by Gasteiger charge is -2.11. The lowest BCUT2D eigenvalue weighted by atomic mass is 10.1. The average Bonchev–Trinajstić information content (AvgIpc) is 3.06. The number of imidazole rings is 1. The molecule has 4 aromatic rings. The van der Waals surface area contributed by atoms with Crippen LogP contribution in [0.3, 0.4) is 0 Å². The van der Waals surface area contributed by atoms with Gasteiger partial charge in [-0.15, -0.1) is 0 Å². The van der Waals surface area contributed by atoms with Gasteiger partial charge < -0.3 is 9.47 Å². The Morgan fingerprint density at radius 3 is 2.59 bits per heavy atom. The molecule has 0 fully saturated rings. The summed E-state index contributed by atoms with van der Waals surface area (Å²) in [6, 6.07) is 7.53. The van der Waals surface area contributed by atoms with E-state index in [2.05, 4.69) is 26.0 Å². The zero-order chi connectivity index (χ0) is 20.5. The van der Waals surface area contributed by atoms with Crippen LogP contribution in [0.5, 0.6) is 0 Å². The van der Waals surface area contributed by atoms with Crippen molar-refractivity contribution in [1.82, 2.24) is 24.5 Å². The fourth-order valence-corrected chi connectivity index (χ4v) is 3.19. The second-order valence-corrected chi connectivity index (χ2v) is 7.24. The number of ketones is 1. The first-order chi connectivity index (χ1) is 13.9. The highest BCUT2D eigenvalue weighted by Gasteiger charge is 2.12. The number of carbonyl (C=O) groups is 1. The Morgan fingerprint density at radius 2 is 1.86 bits per heavy atom. The lowest BCUT2D eigenvalue weighted by molar-refractivity contribution is 0.0992. The molecule has 7 nitrogen and oxygen atoms in total. The van der Waals surface area contributed by atoms with E-state index in [0.717, 1.165) is 33.8 Å². The molecule has 0 aliphatic carbocycles. The third kappa shape index (κ3) is 3.71. The molecular weight excluding hydrogens is 364 g/mol. The van der Waals surface area contributed by atoms with Crippen LogP contribution in [-0.4, -0.2) is 44.4 Å². The largest absolute Gasteiger partial charge is 0.363 e. The van der Waals surface area contributed by atoms with Crippen molar-refractivity contribution < 1.29 is 4.79 Å². The average molecular weight is 386 g/mol. The van der Waals surface area contributed by atoms with Crippen LogP contribution in [0.15, 0.2) is 49.1 Å². The van der Waals surface area contributed by atoms with Crippen molar-refractivity contribution in [2.24, 2.45) is 7.05 Å². The third-order valence-corrected chi connectivity index (χ3v) is 5.01. The number of nitrogens with zero attached hydrogens (tertiary/aromatic N) is 6. The Balaban J connectivity index is 1.63. The first-order valence-electron chi connectivity index (χ1n) is 9.32. The molecule has 29 heavy (non-hydrogen) atoms. The second-order valence-electron chi connectivity index (χ2n) is 7.24. The van der Waals surface area contributed by atoms with Crippen LogP contribution in [0.4, 0.5) is 5.82 Å². The normalized spacial score (nSPS) is 11.0. The third-order valence-electron chi connectivity index (χ3n) is 5.01. The van der Waals surface area contributed by atoms with E-state index < -0.39 is 0 Å². The van der Waals surface area contributed by atoms with Crippen molar-refractivity contribution in [3.05, 3.63) is 66.1 Å². The molecule has 0 aromatic carbocycles. The number of hydrogen-bond donors (Lipinski definition) is 0. The van der Waals surface area contributed by atoms with Crippen molar-refractivity contribution in [1.29, 1.82) is 0 Å². The smallest absolute Gasteiger partial charge is 0.169 e. The SMILES string of the molecule is Cc1ncc(-c2cnc3cnc(CC(=O)c4ccnc(N(C)C)c4)cc3c2)n1C. The maximum absolute atomic E-state index is 12.7. The fraction of sp³-hybridized carbons (Fsp3) is 0.227. The van der Waals surface area contributed by atoms with Crippen LogP contribution < -0.4 is 4.90 Å². The van der Waals surface area contributed by atoms with E-state index in [0.29, 0.717) is 11.3 Å². The highest BCUT2D eigenvalue weighted by Crippen LogP contribution is 2.23. The molecule has 0 aliphatic rings. The van der Waals surface area contributed by atoms with E-state index in [1.807, 2.05) is 56.0 Å². The summed E-state index contributed by atoms with van der Waals surface area (Å²) in [7, 11) is 5.78. The van der Waals surface area contributed by atoms with Gasteiger partial charge in [0.25, 0.3) is 0 Å². The summed E-state index contributed by atoms with van der Waals surface area (Å²) in [5.74, 6) is 1.70. The quantitative estimate of drug-likeness (QED) is 0.490. The monoisotopic (exact) mass is 386 g/mol.